The van der Waals surface area contributed by atoms with Crippen LogP contribution in [-0.4, -0.2) is 9.49 Å². The Morgan fingerprint density at radius 1 is 1.03 bits per heavy atom. The van der Waals surface area contributed by atoms with E-state index in [9.17, 15) is 18.9 Å². The lowest BCUT2D eigenvalue weighted by Crippen LogP contribution is -2.16. The van der Waals surface area contributed by atoms with Gasteiger partial charge in [-0.05, 0) is 47.5 Å². The van der Waals surface area contributed by atoms with Crippen LogP contribution < -0.4 is 4.80 Å². The van der Waals surface area contributed by atoms with Gasteiger partial charge >= 0.3 is 0 Å². The molecule has 5 nitrogen and oxygen atoms in total. The molecule has 0 bridgehead atoms. The number of hydrogen-bond donors (Lipinski definition) is 0. The molecule has 1 heterocycles. The van der Waals surface area contributed by atoms with Gasteiger partial charge < -0.3 is 4.57 Å². The monoisotopic (exact) mass is 457 g/mol. The minimum absolute atomic E-state index is 0.0125. The SMILES string of the molecule is O=[N+]([O-])c1ccc(-c2csc(=Nc3ccc(F)cc3F)n2Cc2ccc(Cl)cc2)cc1. The zero-order chi connectivity index (χ0) is 22.0. The molecule has 156 valence electrons. The summed E-state index contributed by atoms with van der Waals surface area (Å²) in [6.07, 6.45) is 0. The summed E-state index contributed by atoms with van der Waals surface area (Å²) in [5.74, 6) is -1.44. The lowest BCUT2D eigenvalue weighted by molar-refractivity contribution is -0.384. The molecule has 0 saturated heterocycles. The van der Waals surface area contributed by atoms with E-state index in [0.717, 1.165) is 29.0 Å². The number of non-ortho nitro benzene ring substituents is 1. The Labute approximate surface area is 184 Å². The van der Waals surface area contributed by atoms with Gasteiger partial charge in [0, 0.05) is 28.6 Å². The van der Waals surface area contributed by atoms with E-state index >= 15 is 0 Å². The predicted octanol–water partition coefficient (Wildman–Crippen LogP) is 6.34. The fourth-order valence-corrected chi connectivity index (χ4v) is 4.05. The van der Waals surface area contributed by atoms with Gasteiger partial charge in [0.15, 0.2) is 10.6 Å². The molecule has 0 aliphatic heterocycles. The maximum absolute atomic E-state index is 14.2. The van der Waals surface area contributed by atoms with Crippen molar-refractivity contribution < 1.29 is 13.7 Å². The molecular formula is C22H14ClF2N3O2S. The van der Waals surface area contributed by atoms with Crippen LogP contribution in [0.3, 0.4) is 0 Å². The van der Waals surface area contributed by atoms with Gasteiger partial charge in [-0.2, -0.15) is 0 Å². The third kappa shape index (κ3) is 4.70. The molecule has 0 unspecified atom stereocenters. The van der Waals surface area contributed by atoms with E-state index in [-0.39, 0.29) is 11.4 Å². The number of hydrogen-bond acceptors (Lipinski definition) is 4. The van der Waals surface area contributed by atoms with E-state index in [1.807, 2.05) is 22.1 Å². The van der Waals surface area contributed by atoms with Crippen LogP contribution in [0.5, 0.6) is 0 Å². The fourth-order valence-electron chi connectivity index (χ4n) is 3.00. The molecule has 0 saturated carbocycles. The summed E-state index contributed by atoms with van der Waals surface area (Å²) in [6, 6.07) is 16.7. The molecule has 0 aliphatic carbocycles. The number of aromatic nitrogens is 1. The molecule has 4 aromatic rings. The van der Waals surface area contributed by atoms with E-state index in [1.165, 1.54) is 29.5 Å². The molecule has 0 atom stereocenters. The number of benzene rings is 3. The number of nitro benzene ring substituents is 1. The van der Waals surface area contributed by atoms with Gasteiger partial charge in [-0.3, -0.25) is 10.1 Å². The molecule has 0 aliphatic rings. The second kappa shape index (κ2) is 8.79. The van der Waals surface area contributed by atoms with Gasteiger partial charge in [0.05, 0.1) is 17.2 Å². The van der Waals surface area contributed by atoms with Crippen molar-refractivity contribution in [2.24, 2.45) is 4.99 Å². The lowest BCUT2D eigenvalue weighted by Gasteiger charge is -2.10. The van der Waals surface area contributed by atoms with Crippen LogP contribution in [0.2, 0.25) is 5.02 Å². The molecule has 0 N–H and O–H groups in total. The van der Waals surface area contributed by atoms with Gasteiger partial charge in [0.2, 0.25) is 0 Å². The predicted molar refractivity (Wildman–Crippen MR) is 117 cm³/mol. The highest BCUT2D eigenvalue weighted by molar-refractivity contribution is 7.07. The van der Waals surface area contributed by atoms with Crippen LogP contribution in [0.25, 0.3) is 11.3 Å². The van der Waals surface area contributed by atoms with Gasteiger partial charge in [0.1, 0.15) is 11.5 Å². The molecule has 1 aromatic heterocycles. The van der Waals surface area contributed by atoms with Crippen molar-refractivity contribution in [3.05, 3.63) is 109 Å². The first kappa shape index (κ1) is 20.9. The van der Waals surface area contributed by atoms with E-state index < -0.39 is 16.6 Å². The summed E-state index contributed by atoms with van der Waals surface area (Å²) >= 11 is 7.27. The molecule has 0 spiro atoms. The van der Waals surface area contributed by atoms with E-state index in [0.29, 0.717) is 16.4 Å². The van der Waals surface area contributed by atoms with Crippen LogP contribution in [0, 0.1) is 21.7 Å². The number of halogens is 3. The Kier molecular flexibility index (Phi) is 5.92. The van der Waals surface area contributed by atoms with Crippen LogP contribution >= 0.6 is 22.9 Å². The molecule has 0 fully saturated rings. The van der Waals surface area contributed by atoms with Crippen molar-refractivity contribution in [2.75, 3.05) is 0 Å². The molecule has 9 heteroatoms. The standard InChI is InChI=1S/C22H14ClF2N3O2S/c23-16-5-1-14(2-6-16)12-27-21(15-3-8-18(9-4-15)28(29)30)13-31-22(27)26-20-10-7-17(24)11-19(20)25/h1-11,13H,12H2. The first-order valence-electron chi connectivity index (χ1n) is 9.08. The Bertz CT molecular complexity index is 1320. The molecular weight excluding hydrogens is 444 g/mol. The molecule has 3 aromatic carbocycles. The zero-order valence-electron chi connectivity index (χ0n) is 15.8. The summed E-state index contributed by atoms with van der Waals surface area (Å²) in [5, 5.41) is 13.4. The average Bonchev–Trinajstić information content (AvgIpc) is 3.14. The maximum atomic E-state index is 14.2. The number of rotatable bonds is 5. The Morgan fingerprint density at radius 2 is 1.74 bits per heavy atom. The third-order valence-corrected chi connectivity index (χ3v) is 5.67. The highest BCUT2D eigenvalue weighted by atomic mass is 35.5. The van der Waals surface area contributed by atoms with Gasteiger partial charge in [-0.15, -0.1) is 11.3 Å². The fraction of sp³-hybridized carbons (Fsp3) is 0.0455. The molecule has 0 amide bonds. The van der Waals surface area contributed by atoms with Crippen molar-refractivity contribution in [3.8, 4) is 11.3 Å². The van der Waals surface area contributed by atoms with Crippen molar-refractivity contribution in [1.29, 1.82) is 0 Å². The molecule has 0 radical (unpaired) electrons. The largest absolute Gasteiger partial charge is 0.312 e. The van der Waals surface area contributed by atoms with Crippen LogP contribution in [0.15, 0.2) is 77.1 Å². The highest BCUT2D eigenvalue weighted by Gasteiger charge is 2.12. The highest BCUT2D eigenvalue weighted by Crippen LogP contribution is 2.25. The number of nitro groups is 1. The Morgan fingerprint density at radius 3 is 2.39 bits per heavy atom. The smallest absolute Gasteiger partial charge is 0.269 e. The first-order chi connectivity index (χ1) is 14.9. The van der Waals surface area contributed by atoms with E-state index in [2.05, 4.69) is 4.99 Å². The zero-order valence-corrected chi connectivity index (χ0v) is 17.4. The van der Waals surface area contributed by atoms with E-state index in [4.69, 9.17) is 11.6 Å². The summed E-state index contributed by atoms with van der Waals surface area (Å²) in [4.78, 5) is 15.4. The second-order valence-corrected chi connectivity index (χ2v) is 7.90. The van der Waals surface area contributed by atoms with Crippen LogP contribution in [0.1, 0.15) is 5.56 Å². The summed E-state index contributed by atoms with van der Waals surface area (Å²) in [6.45, 7) is 0.411. The Hall–Kier alpha value is -3.36. The molecule has 31 heavy (non-hydrogen) atoms. The molecule has 4 rings (SSSR count). The van der Waals surface area contributed by atoms with Gasteiger partial charge in [-0.1, -0.05) is 23.7 Å². The normalized spacial score (nSPS) is 11.6. The minimum atomic E-state index is -0.761. The second-order valence-electron chi connectivity index (χ2n) is 6.63. The summed E-state index contributed by atoms with van der Waals surface area (Å²) in [7, 11) is 0. The maximum Gasteiger partial charge on any atom is 0.269 e. The summed E-state index contributed by atoms with van der Waals surface area (Å²) in [5.41, 5.74) is 2.45. The quantitative estimate of drug-likeness (QED) is 0.259. The van der Waals surface area contributed by atoms with Crippen LogP contribution in [-0.2, 0) is 6.54 Å². The first-order valence-corrected chi connectivity index (χ1v) is 10.3. The topological polar surface area (TPSA) is 60.4 Å². The minimum Gasteiger partial charge on any atom is -0.312 e. The van der Waals surface area contributed by atoms with Gasteiger partial charge in [0.25, 0.3) is 5.69 Å². The number of nitrogens with zero attached hydrogens (tertiary/aromatic N) is 3. The third-order valence-electron chi connectivity index (χ3n) is 4.55. The van der Waals surface area contributed by atoms with Crippen LogP contribution in [0.4, 0.5) is 20.2 Å². The average molecular weight is 458 g/mol. The van der Waals surface area contributed by atoms with Gasteiger partial charge in [-0.25, -0.2) is 13.8 Å². The number of thiazole rings is 1. The van der Waals surface area contributed by atoms with E-state index in [1.54, 1.807) is 24.3 Å². The van der Waals surface area contributed by atoms with Crippen molar-refractivity contribution in [1.82, 2.24) is 4.57 Å². The Balaban J connectivity index is 1.84. The van der Waals surface area contributed by atoms with Crippen molar-refractivity contribution in [3.63, 3.8) is 0 Å². The summed E-state index contributed by atoms with van der Waals surface area (Å²) < 4.78 is 29.3. The lowest BCUT2D eigenvalue weighted by atomic mass is 10.1. The van der Waals surface area contributed by atoms with Crippen molar-refractivity contribution >= 4 is 34.3 Å². The van der Waals surface area contributed by atoms with Crippen molar-refractivity contribution in [2.45, 2.75) is 6.54 Å².